The van der Waals surface area contributed by atoms with Crippen molar-refractivity contribution in [2.45, 2.75) is 13.0 Å². The Hall–Kier alpha value is -3.20. The molecule has 0 N–H and O–H groups in total. The molecular weight excluding hydrogens is 308 g/mol. The third-order valence-corrected chi connectivity index (χ3v) is 4.35. The van der Waals surface area contributed by atoms with Crippen molar-refractivity contribution in [2.75, 3.05) is 0 Å². The molecule has 2 heterocycles. The van der Waals surface area contributed by atoms with Gasteiger partial charge in [0.05, 0.1) is 6.42 Å². The molecule has 122 valence electrons. The highest BCUT2D eigenvalue weighted by Crippen LogP contribution is 2.23. The summed E-state index contributed by atoms with van der Waals surface area (Å²) < 4.78 is 2.15. The molecule has 0 saturated carbocycles. The molecule has 0 unspecified atom stereocenters. The zero-order valence-electron chi connectivity index (χ0n) is 13.8. The van der Waals surface area contributed by atoms with Crippen molar-refractivity contribution >= 4 is 16.7 Å². The van der Waals surface area contributed by atoms with Crippen LogP contribution in [0.2, 0.25) is 0 Å². The smallest absolute Gasteiger partial charge is 0.170 e. The Morgan fingerprint density at radius 2 is 1.64 bits per heavy atom. The second kappa shape index (κ2) is 6.73. The molecule has 0 bridgehead atoms. The van der Waals surface area contributed by atoms with E-state index in [1.807, 2.05) is 60.8 Å². The van der Waals surface area contributed by atoms with Crippen LogP contribution in [0.3, 0.4) is 0 Å². The number of aromatic nitrogens is 2. The SMILES string of the molecule is O=C(Cc1ccccn1)c1cn(Cc2ccccc2)c2ccccc12. The minimum absolute atomic E-state index is 0.0988. The van der Waals surface area contributed by atoms with Crippen LogP contribution < -0.4 is 0 Å². The number of nitrogens with zero attached hydrogens (tertiary/aromatic N) is 2. The summed E-state index contributed by atoms with van der Waals surface area (Å²) in [6.07, 6.45) is 4.02. The van der Waals surface area contributed by atoms with E-state index in [1.54, 1.807) is 6.20 Å². The quantitative estimate of drug-likeness (QED) is 0.506. The van der Waals surface area contributed by atoms with Gasteiger partial charge in [0.2, 0.25) is 0 Å². The van der Waals surface area contributed by atoms with E-state index in [-0.39, 0.29) is 5.78 Å². The molecule has 4 aromatic rings. The predicted molar refractivity (Wildman–Crippen MR) is 99.8 cm³/mol. The monoisotopic (exact) mass is 326 g/mol. The molecule has 0 aliphatic rings. The largest absolute Gasteiger partial charge is 0.342 e. The number of rotatable bonds is 5. The molecule has 0 atom stereocenters. The number of fused-ring (bicyclic) bond motifs is 1. The third kappa shape index (κ3) is 3.22. The minimum atomic E-state index is 0.0988. The van der Waals surface area contributed by atoms with Crippen LogP contribution in [0.4, 0.5) is 0 Å². The number of hydrogen-bond donors (Lipinski definition) is 0. The summed E-state index contributed by atoms with van der Waals surface area (Å²) in [7, 11) is 0. The maximum Gasteiger partial charge on any atom is 0.170 e. The van der Waals surface area contributed by atoms with E-state index in [1.165, 1.54) is 5.56 Å². The van der Waals surface area contributed by atoms with Crippen LogP contribution in [-0.4, -0.2) is 15.3 Å². The minimum Gasteiger partial charge on any atom is -0.342 e. The van der Waals surface area contributed by atoms with Crippen molar-refractivity contribution in [1.82, 2.24) is 9.55 Å². The lowest BCUT2D eigenvalue weighted by Crippen LogP contribution is -2.04. The number of carbonyl (C=O) groups excluding carboxylic acids is 1. The molecule has 3 heteroatoms. The van der Waals surface area contributed by atoms with Gasteiger partial charge in [-0.05, 0) is 23.8 Å². The van der Waals surface area contributed by atoms with E-state index in [0.717, 1.165) is 28.7 Å². The Balaban J connectivity index is 1.71. The molecule has 0 aliphatic carbocycles. The van der Waals surface area contributed by atoms with Gasteiger partial charge in [-0.1, -0.05) is 54.6 Å². The summed E-state index contributed by atoms with van der Waals surface area (Å²) >= 11 is 0. The highest BCUT2D eigenvalue weighted by atomic mass is 16.1. The number of pyridine rings is 1. The normalized spacial score (nSPS) is 10.9. The van der Waals surface area contributed by atoms with Crippen molar-refractivity contribution in [1.29, 1.82) is 0 Å². The molecule has 0 saturated heterocycles. The first-order chi connectivity index (χ1) is 12.3. The van der Waals surface area contributed by atoms with Crippen molar-refractivity contribution in [2.24, 2.45) is 0 Å². The number of para-hydroxylation sites is 1. The van der Waals surface area contributed by atoms with Crippen molar-refractivity contribution in [3.8, 4) is 0 Å². The number of carbonyl (C=O) groups is 1. The highest BCUT2D eigenvalue weighted by Gasteiger charge is 2.15. The molecule has 25 heavy (non-hydrogen) atoms. The average Bonchev–Trinajstić information content (AvgIpc) is 3.02. The zero-order valence-corrected chi connectivity index (χ0v) is 13.8. The van der Waals surface area contributed by atoms with Gasteiger partial charge in [0.25, 0.3) is 0 Å². The maximum atomic E-state index is 12.8. The van der Waals surface area contributed by atoms with Crippen molar-refractivity contribution in [3.63, 3.8) is 0 Å². The van der Waals surface area contributed by atoms with Crippen LogP contribution in [0.5, 0.6) is 0 Å². The first-order valence-corrected chi connectivity index (χ1v) is 8.36. The van der Waals surface area contributed by atoms with Crippen LogP contribution >= 0.6 is 0 Å². The van der Waals surface area contributed by atoms with Gasteiger partial charge >= 0.3 is 0 Å². The fourth-order valence-corrected chi connectivity index (χ4v) is 3.14. The van der Waals surface area contributed by atoms with Gasteiger partial charge in [-0.3, -0.25) is 9.78 Å². The molecule has 0 fully saturated rings. The second-order valence-corrected chi connectivity index (χ2v) is 6.09. The Bertz CT molecular complexity index is 1000. The number of benzene rings is 2. The van der Waals surface area contributed by atoms with Gasteiger partial charge in [0, 0.05) is 41.1 Å². The lowest BCUT2D eigenvalue weighted by molar-refractivity contribution is 0.0993. The summed E-state index contributed by atoms with van der Waals surface area (Å²) in [5, 5.41) is 0.999. The van der Waals surface area contributed by atoms with Crippen LogP contribution in [0.15, 0.2) is 85.2 Å². The third-order valence-electron chi connectivity index (χ3n) is 4.35. The van der Waals surface area contributed by atoms with E-state index in [4.69, 9.17) is 0 Å². The molecule has 3 nitrogen and oxygen atoms in total. The number of ketones is 1. The molecule has 0 aliphatic heterocycles. The van der Waals surface area contributed by atoms with Gasteiger partial charge in [-0.15, -0.1) is 0 Å². The van der Waals surface area contributed by atoms with E-state index in [9.17, 15) is 4.79 Å². The maximum absolute atomic E-state index is 12.8. The zero-order chi connectivity index (χ0) is 17.1. The van der Waals surface area contributed by atoms with Crippen LogP contribution in [0.25, 0.3) is 10.9 Å². The van der Waals surface area contributed by atoms with Gasteiger partial charge in [0.15, 0.2) is 5.78 Å². The number of Topliss-reactive ketones (excluding diaryl/α,β-unsaturated/α-hetero) is 1. The lowest BCUT2D eigenvalue weighted by atomic mass is 10.1. The summed E-state index contributed by atoms with van der Waals surface area (Å²) in [4.78, 5) is 17.1. The van der Waals surface area contributed by atoms with Crippen LogP contribution in [0, 0.1) is 0 Å². The Morgan fingerprint density at radius 1 is 0.880 bits per heavy atom. The first kappa shape index (κ1) is 15.3. The van der Waals surface area contributed by atoms with E-state index in [0.29, 0.717) is 6.42 Å². The molecule has 0 spiro atoms. The fraction of sp³-hybridized carbons (Fsp3) is 0.0909. The molecule has 0 amide bonds. The molecule has 2 aromatic heterocycles. The van der Waals surface area contributed by atoms with E-state index >= 15 is 0 Å². The van der Waals surface area contributed by atoms with Gasteiger partial charge in [0.1, 0.15) is 0 Å². The predicted octanol–water partition coefficient (Wildman–Crippen LogP) is 4.51. The second-order valence-electron chi connectivity index (χ2n) is 6.09. The summed E-state index contributed by atoms with van der Waals surface area (Å²) in [6, 6.07) is 24.0. The standard InChI is InChI=1S/C22H18N2O/c25-22(14-18-10-6-7-13-23-18)20-16-24(15-17-8-2-1-3-9-17)21-12-5-4-11-19(20)21/h1-13,16H,14-15H2. The summed E-state index contributed by atoms with van der Waals surface area (Å²) in [6.45, 7) is 0.748. The molecule has 2 aromatic carbocycles. The molecule has 0 radical (unpaired) electrons. The molecular formula is C22H18N2O. The van der Waals surface area contributed by atoms with Gasteiger partial charge < -0.3 is 4.57 Å². The fourth-order valence-electron chi connectivity index (χ4n) is 3.14. The van der Waals surface area contributed by atoms with Crippen molar-refractivity contribution in [3.05, 3.63) is 102 Å². The molecule has 4 rings (SSSR count). The summed E-state index contributed by atoms with van der Waals surface area (Å²) in [5.41, 5.74) is 3.85. The van der Waals surface area contributed by atoms with Gasteiger partial charge in [-0.2, -0.15) is 0 Å². The van der Waals surface area contributed by atoms with E-state index in [2.05, 4.69) is 27.8 Å². The topological polar surface area (TPSA) is 34.9 Å². The van der Waals surface area contributed by atoms with E-state index < -0.39 is 0 Å². The van der Waals surface area contributed by atoms with Gasteiger partial charge in [-0.25, -0.2) is 0 Å². The lowest BCUT2D eigenvalue weighted by Gasteiger charge is -2.05. The Kier molecular flexibility index (Phi) is 4.13. The van der Waals surface area contributed by atoms with Crippen LogP contribution in [-0.2, 0) is 13.0 Å². The van der Waals surface area contributed by atoms with Crippen molar-refractivity contribution < 1.29 is 4.79 Å². The first-order valence-electron chi connectivity index (χ1n) is 8.36. The Morgan fingerprint density at radius 3 is 2.44 bits per heavy atom. The summed E-state index contributed by atoms with van der Waals surface area (Å²) in [5.74, 6) is 0.0988. The average molecular weight is 326 g/mol. The van der Waals surface area contributed by atoms with Crippen LogP contribution in [0.1, 0.15) is 21.6 Å². The Labute approximate surface area is 146 Å². The number of hydrogen-bond acceptors (Lipinski definition) is 2. The highest BCUT2D eigenvalue weighted by molar-refractivity contribution is 6.08.